The third-order valence-corrected chi connectivity index (χ3v) is 4.46. The standard InChI is InChI=1S/C18H20O/c1-13-2-5-18-11-17(9-8-16(18)10-13)15-6-3-14(12-19)4-7-15/h2,5,8-12,14-15H,3-4,6-7H2,1H3. The van der Waals surface area contributed by atoms with Gasteiger partial charge in [-0.1, -0.05) is 42.0 Å². The van der Waals surface area contributed by atoms with Gasteiger partial charge in [-0.2, -0.15) is 0 Å². The van der Waals surface area contributed by atoms with E-state index < -0.39 is 0 Å². The molecule has 0 saturated heterocycles. The highest BCUT2D eigenvalue weighted by molar-refractivity contribution is 5.83. The third kappa shape index (κ3) is 2.56. The average molecular weight is 252 g/mol. The predicted octanol–water partition coefficient (Wildman–Crippen LogP) is 4.62. The Morgan fingerprint density at radius 1 is 0.947 bits per heavy atom. The van der Waals surface area contributed by atoms with Crippen molar-refractivity contribution in [2.24, 2.45) is 5.92 Å². The van der Waals surface area contributed by atoms with Crippen molar-refractivity contribution in [1.29, 1.82) is 0 Å². The Kier molecular flexibility index (Phi) is 3.37. The number of hydrogen-bond acceptors (Lipinski definition) is 1. The molecule has 0 N–H and O–H groups in total. The number of carbonyl (C=O) groups excluding carboxylic acids is 1. The molecule has 2 aromatic carbocycles. The second-order valence-electron chi connectivity index (χ2n) is 5.86. The molecule has 1 heteroatoms. The second-order valence-corrected chi connectivity index (χ2v) is 5.86. The lowest BCUT2D eigenvalue weighted by Gasteiger charge is -2.26. The second kappa shape index (κ2) is 5.16. The first-order valence-corrected chi connectivity index (χ1v) is 7.22. The Bertz CT molecular complexity index is 592. The molecule has 0 aliphatic heterocycles. The summed E-state index contributed by atoms with van der Waals surface area (Å²) in [5.74, 6) is 0.946. The van der Waals surface area contributed by atoms with Crippen LogP contribution < -0.4 is 0 Å². The van der Waals surface area contributed by atoms with E-state index in [1.54, 1.807) is 0 Å². The van der Waals surface area contributed by atoms with Crippen molar-refractivity contribution in [1.82, 2.24) is 0 Å². The number of fused-ring (bicyclic) bond motifs is 1. The highest BCUT2D eigenvalue weighted by atomic mass is 16.1. The van der Waals surface area contributed by atoms with Crippen molar-refractivity contribution in [2.45, 2.75) is 38.5 Å². The summed E-state index contributed by atoms with van der Waals surface area (Å²) in [6, 6.07) is 13.5. The molecule has 0 aromatic heterocycles. The maximum Gasteiger partial charge on any atom is 0.123 e. The van der Waals surface area contributed by atoms with Crippen LogP contribution in [0.2, 0.25) is 0 Å². The fraction of sp³-hybridized carbons (Fsp3) is 0.389. The molecule has 2 aromatic rings. The molecule has 1 aliphatic carbocycles. The minimum atomic E-state index is 0.305. The fourth-order valence-electron chi connectivity index (χ4n) is 3.23. The fourth-order valence-corrected chi connectivity index (χ4v) is 3.23. The Morgan fingerprint density at radius 2 is 1.63 bits per heavy atom. The molecule has 0 heterocycles. The highest BCUT2D eigenvalue weighted by Crippen LogP contribution is 2.36. The van der Waals surface area contributed by atoms with Gasteiger partial charge in [0.15, 0.2) is 0 Å². The quantitative estimate of drug-likeness (QED) is 0.713. The topological polar surface area (TPSA) is 17.1 Å². The molecular weight excluding hydrogens is 232 g/mol. The van der Waals surface area contributed by atoms with Crippen molar-refractivity contribution in [3.05, 3.63) is 47.5 Å². The van der Waals surface area contributed by atoms with Crippen LogP contribution in [0.25, 0.3) is 10.8 Å². The molecule has 1 nitrogen and oxygen atoms in total. The monoisotopic (exact) mass is 252 g/mol. The van der Waals surface area contributed by atoms with Gasteiger partial charge in [0.25, 0.3) is 0 Å². The average Bonchev–Trinajstić information content (AvgIpc) is 2.47. The lowest BCUT2D eigenvalue weighted by Crippen LogP contribution is -2.14. The van der Waals surface area contributed by atoms with E-state index >= 15 is 0 Å². The summed E-state index contributed by atoms with van der Waals surface area (Å²) < 4.78 is 0. The SMILES string of the molecule is Cc1ccc2cc(C3CCC(C=O)CC3)ccc2c1. The van der Waals surface area contributed by atoms with Crippen LogP contribution in [0.15, 0.2) is 36.4 Å². The van der Waals surface area contributed by atoms with Crippen molar-refractivity contribution in [3.8, 4) is 0 Å². The van der Waals surface area contributed by atoms with Crippen LogP contribution in [0.1, 0.15) is 42.7 Å². The first-order valence-electron chi connectivity index (χ1n) is 7.22. The molecule has 1 saturated carbocycles. The zero-order valence-corrected chi connectivity index (χ0v) is 11.4. The molecule has 0 spiro atoms. The molecule has 0 amide bonds. The van der Waals surface area contributed by atoms with E-state index in [0.717, 1.165) is 32.0 Å². The molecule has 1 aliphatic rings. The highest BCUT2D eigenvalue weighted by Gasteiger charge is 2.21. The van der Waals surface area contributed by atoms with Crippen LogP contribution in [-0.4, -0.2) is 6.29 Å². The van der Waals surface area contributed by atoms with Gasteiger partial charge >= 0.3 is 0 Å². The largest absolute Gasteiger partial charge is 0.303 e. The van der Waals surface area contributed by atoms with E-state index in [4.69, 9.17) is 0 Å². The van der Waals surface area contributed by atoms with E-state index in [9.17, 15) is 4.79 Å². The maximum atomic E-state index is 10.8. The van der Waals surface area contributed by atoms with E-state index in [2.05, 4.69) is 43.3 Å². The molecule has 1 fully saturated rings. The normalized spacial score (nSPS) is 23.4. The third-order valence-electron chi connectivity index (χ3n) is 4.46. The van der Waals surface area contributed by atoms with Crippen LogP contribution in [0.4, 0.5) is 0 Å². The van der Waals surface area contributed by atoms with Gasteiger partial charge in [-0.3, -0.25) is 0 Å². The number of benzene rings is 2. The minimum absolute atomic E-state index is 0.305. The predicted molar refractivity (Wildman–Crippen MR) is 79.4 cm³/mol. The van der Waals surface area contributed by atoms with Crippen molar-refractivity contribution in [2.75, 3.05) is 0 Å². The molecular formula is C18H20O. The first kappa shape index (κ1) is 12.4. The van der Waals surface area contributed by atoms with Gasteiger partial charge in [0.1, 0.15) is 6.29 Å². The van der Waals surface area contributed by atoms with Gasteiger partial charge in [-0.25, -0.2) is 0 Å². The van der Waals surface area contributed by atoms with Crippen LogP contribution in [0.5, 0.6) is 0 Å². The van der Waals surface area contributed by atoms with Gasteiger partial charge in [0.05, 0.1) is 0 Å². The Balaban J connectivity index is 1.85. The number of rotatable bonds is 2. The van der Waals surface area contributed by atoms with Crippen molar-refractivity contribution >= 4 is 17.1 Å². The summed E-state index contributed by atoms with van der Waals surface area (Å²) in [7, 11) is 0. The molecule has 3 rings (SSSR count). The summed E-state index contributed by atoms with van der Waals surface area (Å²) in [5.41, 5.74) is 2.76. The summed E-state index contributed by atoms with van der Waals surface area (Å²) in [5, 5.41) is 2.66. The molecule has 0 unspecified atom stereocenters. The van der Waals surface area contributed by atoms with Crippen molar-refractivity contribution < 1.29 is 4.79 Å². The summed E-state index contributed by atoms with van der Waals surface area (Å²) >= 11 is 0. The smallest absolute Gasteiger partial charge is 0.123 e. The number of carbonyl (C=O) groups is 1. The van der Waals surface area contributed by atoms with E-state index in [1.807, 2.05) is 0 Å². The van der Waals surface area contributed by atoms with Crippen molar-refractivity contribution in [3.63, 3.8) is 0 Å². The van der Waals surface area contributed by atoms with Gasteiger partial charge in [0, 0.05) is 5.92 Å². The molecule has 0 bridgehead atoms. The maximum absolute atomic E-state index is 10.8. The van der Waals surface area contributed by atoms with Crippen LogP contribution >= 0.6 is 0 Å². The van der Waals surface area contributed by atoms with Gasteiger partial charge in [-0.15, -0.1) is 0 Å². The summed E-state index contributed by atoms with van der Waals surface area (Å²) in [4.78, 5) is 10.8. The van der Waals surface area contributed by atoms with E-state index in [1.165, 1.54) is 21.9 Å². The van der Waals surface area contributed by atoms with Crippen LogP contribution in [0, 0.1) is 12.8 Å². The van der Waals surface area contributed by atoms with Crippen LogP contribution in [0.3, 0.4) is 0 Å². The minimum Gasteiger partial charge on any atom is -0.303 e. The number of aldehydes is 1. The van der Waals surface area contributed by atoms with E-state index in [0.29, 0.717) is 11.8 Å². The number of hydrogen-bond donors (Lipinski definition) is 0. The lowest BCUT2D eigenvalue weighted by atomic mass is 9.79. The Hall–Kier alpha value is -1.63. The summed E-state index contributed by atoms with van der Waals surface area (Å²) in [6.07, 6.45) is 5.56. The Labute approximate surface area is 114 Å². The lowest BCUT2D eigenvalue weighted by molar-refractivity contribution is -0.111. The van der Waals surface area contributed by atoms with Gasteiger partial charge < -0.3 is 4.79 Å². The zero-order valence-electron chi connectivity index (χ0n) is 11.4. The zero-order chi connectivity index (χ0) is 13.2. The first-order chi connectivity index (χ1) is 9.26. The van der Waals surface area contributed by atoms with Gasteiger partial charge in [0.2, 0.25) is 0 Å². The molecule has 98 valence electrons. The van der Waals surface area contributed by atoms with E-state index in [-0.39, 0.29) is 0 Å². The van der Waals surface area contributed by atoms with Crippen LogP contribution in [-0.2, 0) is 4.79 Å². The number of aryl methyl sites for hydroxylation is 1. The molecule has 19 heavy (non-hydrogen) atoms. The molecule has 0 radical (unpaired) electrons. The van der Waals surface area contributed by atoms with Gasteiger partial charge in [-0.05, 0) is 54.9 Å². The summed E-state index contributed by atoms with van der Waals surface area (Å²) in [6.45, 7) is 2.13. The Morgan fingerprint density at radius 3 is 2.37 bits per heavy atom. The molecule has 0 atom stereocenters.